The summed E-state index contributed by atoms with van der Waals surface area (Å²) in [5.74, 6) is -0.932. The van der Waals surface area contributed by atoms with Crippen molar-refractivity contribution in [3.05, 3.63) is 0 Å². The minimum Gasteiger partial charge on any atom is -0.480 e. The van der Waals surface area contributed by atoms with Gasteiger partial charge in [0, 0.05) is 6.54 Å². The maximum Gasteiger partial charge on any atom is 0.323 e. The number of esters is 1. The maximum absolute atomic E-state index is 11.2. The van der Waals surface area contributed by atoms with E-state index in [1.165, 1.54) is 0 Å². The number of nitrogens with one attached hydrogen (secondary N) is 1. The van der Waals surface area contributed by atoms with Crippen molar-refractivity contribution >= 4 is 11.9 Å². The van der Waals surface area contributed by atoms with E-state index in [9.17, 15) is 14.7 Å². The largest absolute Gasteiger partial charge is 0.480 e. The molecule has 0 amide bonds. The maximum atomic E-state index is 11.2. The normalized spacial score (nSPS) is 14.4. The van der Waals surface area contributed by atoms with Crippen molar-refractivity contribution < 1.29 is 19.4 Å². The number of rotatable bonds is 8. The van der Waals surface area contributed by atoms with E-state index < -0.39 is 11.5 Å². The highest BCUT2D eigenvalue weighted by Crippen LogP contribution is 2.16. The number of aliphatic carboxylic acids is 1. The van der Waals surface area contributed by atoms with Gasteiger partial charge in [0.1, 0.15) is 5.54 Å². The Morgan fingerprint density at radius 2 is 2.00 bits per heavy atom. The van der Waals surface area contributed by atoms with E-state index in [1.54, 1.807) is 13.8 Å². The van der Waals surface area contributed by atoms with Gasteiger partial charge in [-0.25, -0.2) is 0 Å². The first-order valence-corrected chi connectivity index (χ1v) is 5.96. The van der Waals surface area contributed by atoms with Gasteiger partial charge in [0.2, 0.25) is 0 Å². The molecule has 0 rings (SSSR count). The van der Waals surface area contributed by atoms with E-state index in [4.69, 9.17) is 4.74 Å². The van der Waals surface area contributed by atoms with Crippen molar-refractivity contribution in [2.24, 2.45) is 5.92 Å². The topological polar surface area (TPSA) is 75.6 Å². The summed E-state index contributed by atoms with van der Waals surface area (Å²) in [6.07, 6.45) is 0.708. The number of carbonyl (C=O) groups excluding carboxylic acids is 1. The molecule has 17 heavy (non-hydrogen) atoms. The summed E-state index contributed by atoms with van der Waals surface area (Å²) in [7, 11) is 0. The number of hydrogen-bond acceptors (Lipinski definition) is 4. The Bertz CT molecular complexity index is 265. The summed E-state index contributed by atoms with van der Waals surface area (Å²) < 4.78 is 4.77. The van der Waals surface area contributed by atoms with E-state index in [0.29, 0.717) is 19.6 Å². The predicted molar refractivity (Wildman–Crippen MR) is 64.7 cm³/mol. The molecule has 0 radical (unpaired) electrons. The Labute approximate surface area is 103 Å². The van der Waals surface area contributed by atoms with Crippen LogP contribution in [0.25, 0.3) is 0 Å². The van der Waals surface area contributed by atoms with Crippen molar-refractivity contribution in [2.75, 3.05) is 13.2 Å². The molecule has 0 heterocycles. The molecule has 1 unspecified atom stereocenters. The van der Waals surface area contributed by atoms with Gasteiger partial charge in [-0.2, -0.15) is 0 Å². The number of carboxylic acid groups (broad SMARTS) is 1. The summed E-state index contributed by atoms with van der Waals surface area (Å²) in [6.45, 7) is 7.98. The predicted octanol–water partition coefficient (Wildman–Crippen LogP) is 1.42. The molecule has 0 aliphatic heterocycles. The fourth-order valence-corrected chi connectivity index (χ4v) is 1.73. The molecule has 0 aromatic carbocycles. The lowest BCUT2D eigenvalue weighted by Gasteiger charge is -2.28. The molecule has 0 aliphatic carbocycles. The third-order valence-electron chi connectivity index (χ3n) is 2.44. The molecule has 0 saturated heterocycles. The first-order valence-electron chi connectivity index (χ1n) is 5.96. The number of hydrogen-bond donors (Lipinski definition) is 2. The highest BCUT2D eigenvalue weighted by atomic mass is 16.5. The monoisotopic (exact) mass is 245 g/mol. The second-order valence-electron chi connectivity index (χ2n) is 4.72. The van der Waals surface area contributed by atoms with Crippen LogP contribution < -0.4 is 5.32 Å². The Morgan fingerprint density at radius 3 is 2.41 bits per heavy atom. The third-order valence-corrected chi connectivity index (χ3v) is 2.44. The first-order chi connectivity index (χ1) is 7.81. The van der Waals surface area contributed by atoms with E-state index in [0.717, 1.165) is 0 Å². The average molecular weight is 245 g/mol. The zero-order chi connectivity index (χ0) is 13.5. The van der Waals surface area contributed by atoms with Gasteiger partial charge in [0.25, 0.3) is 0 Å². The van der Waals surface area contributed by atoms with Crippen LogP contribution in [0.4, 0.5) is 0 Å². The van der Waals surface area contributed by atoms with Gasteiger partial charge in [0.05, 0.1) is 13.0 Å². The molecule has 2 N–H and O–H groups in total. The van der Waals surface area contributed by atoms with Crippen LogP contribution >= 0.6 is 0 Å². The molecule has 0 saturated carbocycles. The van der Waals surface area contributed by atoms with Gasteiger partial charge in [0.15, 0.2) is 0 Å². The van der Waals surface area contributed by atoms with Crippen LogP contribution in [-0.4, -0.2) is 35.7 Å². The highest BCUT2D eigenvalue weighted by Gasteiger charge is 2.33. The van der Waals surface area contributed by atoms with E-state index in [2.05, 4.69) is 5.32 Å². The van der Waals surface area contributed by atoms with Gasteiger partial charge in [-0.15, -0.1) is 0 Å². The number of carboxylic acids is 1. The molecule has 0 bridgehead atoms. The van der Waals surface area contributed by atoms with Crippen LogP contribution in [0.2, 0.25) is 0 Å². The Kier molecular flexibility index (Phi) is 6.80. The van der Waals surface area contributed by atoms with Gasteiger partial charge >= 0.3 is 11.9 Å². The molecule has 100 valence electrons. The van der Waals surface area contributed by atoms with Gasteiger partial charge in [-0.05, 0) is 26.2 Å². The molecular weight excluding hydrogens is 222 g/mol. The molecule has 0 spiro atoms. The van der Waals surface area contributed by atoms with Gasteiger partial charge < -0.3 is 15.2 Å². The quantitative estimate of drug-likeness (QED) is 0.632. The van der Waals surface area contributed by atoms with E-state index in [-0.39, 0.29) is 18.3 Å². The molecule has 0 aromatic heterocycles. The first kappa shape index (κ1) is 15.9. The van der Waals surface area contributed by atoms with Crippen LogP contribution in [0, 0.1) is 5.92 Å². The fourth-order valence-electron chi connectivity index (χ4n) is 1.73. The van der Waals surface area contributed by atoms with Crippen LogP contribution in [-0.2, 0) is 14.3 Å². The second-order valence-corrected chi connectivity index (χ2v) is 4.72. The molecular formula is C12H23NO4. The van der Waals surface area contributed by atoms with Crippen molar-refractivity contribution in [3.8, 4) is 0 Å². The lowest BCUT2D eigenvalue weighted by atomic mass is 9.90. The van der Waals surface area contributed by atoms with Crippen LogP contribution in [0.15, 0.2) is 0 Å². The summed E-state index contributed by atoms with van der Waals surface area (Å²) in [5, 5.41) is 12.1. The lowest BCUT2D eigenvalue weighted by Crippen LogP contribution is -2.51. The van der Waals surface area contributed by atoms with Crippen molar-refractivity contribution in [2.45, 2.75) is 46.1 Å². The van der Waals surface area contributed by atoms with Crippen molar-refractivity contribution in [1.82, 2.24) is 5.32 Å². The SMILES string of the molecule is CCOC(=O)CCNC(C)(CC(C)C)C(=O)O. The Morgan fingerprint density at radius 1 is 1.41 bits per heavy atom. The zero-order valence-corrected chi connectivity index (χ0v) is 11.1. The van der Waals surface area contributed by atoms with E-state index >= 15 is 0 Å². The molecule has 0 fully saturated rings. The number of carbonyl (C=O) groups is 2. The lowest BCUT2D eigenvalue weighted by molar-refractivity contribution is -0.146. The Hall–Kier alpha value is -1.10. The standard InChI is InChI=1S/C12H23NO4/c1-5-17-10(14)6-7-13-12(4,11(15)16)8-9(2)3/h9,13H,5-8H2,1-4H3,(H,15,16). The molecule has 0 aliphatic rings. The smallest absolute Gasteiger partial charge is 0.323 e. The third kappa shape index (κ3) is 6.26. The fraction of sp³-hybridized carbons (Fsp3) is 0.833. The Balaban J connectivity index is 4.19. The summed E-state index contributed by atoms with van der Waals surface area (Å²) >= 11 is 0. The molecule has 5 heteroatoms. The molecule has 0 aromatic rings. The zero-order valence-electron chi connectivity index (χ0n) is 11.1. The van der Waals surface area contributed by atoms with Crippen LogP contribution in [0.5, 0.6) is 0 Å². The summed E-state index contributed by atoms with van der Waals surface area (Å²) in [5.41, 5.74) is -0.985. The van der Waals surface area contributed by atoms with Crippen molar-refractivity contribution in [1.29, 1.82) is 0 Å². The highest BCUT2D eigenvalue weighted by molar-refractivity contribution is 5.78. The number of ether oxygens (including phenoxy) is 1. The molecule has 5 nitrogen and oxygen atoms in total. The average Bonchev–Trinajstić information content (AvgIpc) is 2.16. The van der Waals surface area contributed by atoms with E-state index in [1.807, 2.05) is 13.8 Å². The van der Waals surface area contributed by atoms with Crippen LogP contribution in [0.3, 0.4) is 0 Å². The minimum absolute atomic E-state index is 0.189. The van der Waals surface area contributed by atoms with Gasteiger partial charge in [-0.1, -0.05) is 13.8 Å². The second kappa shape index (κ2) is 7.27. The van der Waals surface area contributed by atoms with Crippen LogP contribution in [0.1, 0.15) is 40.5 Å². The minimum atomic E-state index is -0.985. The van der Waals surface area contributed by atoms with Crippen molar-refractivity contribution in [3.63, 3.8) is 0 Å². The summed E-state index contributed by atoms with van der Waals surface area (Å²) in [6, 6.07) is 0. The van der Waals surface area contributed by atoms with Gasteiger partial charge in [-0.3, -0.25) is 9.59 Å². The summed E-state index contributed by atoms with van der Waals surface area (Å²) in [4.78, 5) is 22.3. The molecule has 1 atom stereocenters.